The van der Waals surface area contributed by atoms with Crippen molar-refractivity contribution in [1.82, 2.24) is 21.3 Å². The van der Waals surface area contributed by atoms with E-state index in [9.17, 15) is 9.59 Å². The van der Waals surface area contributed by atoms with Crippen LogP contribution < -0.4 is 26.0 Å². The minimum absolute atomic E-state index is 0.0723. The van der Waals surface area contributed by atoms with Gasteiger partial charge in [0.05, 0.1) is 0 Å². The minimum Gasteiger partial charge on any atom is -0.457 e. The molecule has 2 amide bonds. The van der Waals surface area contributed by atoms with Gasteiger partial charge in [0, 0.05) is 52.8 Å². The van der Waals surface area contributed by atoms with E-state index in [4.69, 9.17) is 4.74 Å². The zero-order valence-electron chi connectivity index (χ0n) is 22.6. The molecule has 0 saturated carbocycles. The summed E-state index contributed by atoms with van der Waals surface area (Å²) in [6, 6.07) is 11.1. The van der Waals surface area contributed by atoms with E-state index in [1.54, 1.807) is 12.1 Å². The van der Waals surface area contributed by atoms with Crippen molar-refractivity contribution in [3.63, 3.8) is 0 Å². The molecule has 1 aliphatic heterocycles. The maximum atomic E-state index is 12.7. The van der Waals surface area contributed by atoms with E-state index in [0.29, 0.717) is 30.6 Å². The first-order valence-electron chi connectivity index (χ1n) is 12.9. The Morgan fingerprint density at radius 3 is 1.50 bits per heavy atom. The number of hydrogen-bond donors (Lipinski definition) is 4. The first kappa shape index (κ1) is 27.7. The van der Waals surface area contributed by atoms with Crippen LogP contribution in [0.25, 0.3) is 0 Å². The van der Waals surface area contributed by atoms with Gasteiger partial charge in [0.1, 0.15) is 11.5 Å². The van der Waals surface area contributed by atoms with Crippen LogP contribution in [0.1, 0.15) is 86.2 Å². The third-order valence-electron chi connectivity index (χ3n) is 5.84. The Kier molecular flexibility index (Phi) is 9.14. The molecule has 36 heavy (non-hydrogen) atoms. The molecule has 7 heteroatoms. The van der Waals surface area contributed by atoms with Gasteiger partial charge >= 0.3 is 0 Å². The molecule has 0 spiro atoms. The number of ether oxygens (including phenoxy) is 1. The third kappa shape index (κ3) is 8.64. The van der Waals surface area contributed by atoms with Crippen LogP contribution in [0, 0.1) is 0 Å². The van der Waals surface area contributed by atoms with Gasteiger partial charge in [0.25, 0.3) is 11.8 Å². The lowest BCUT2D eigenvalue weighted by Gasteiger charge is -2.22. The first-order valence-corrected chi connectivity index (χ1v) is 12.9. The summed E-state index contributed by atoms with van der Waals surface area (Å²) in [5.74, 6) is 1.32. The van der Waals surface area contributed by atoms with Gasteiger partial charge in [0.2, 0.25) is 0 Å². The standard InChI is InChI=1S/C29H42N4O3/c1-28(2,3)32-15-7-13-30-26(34)20-9-11-24-22(17-20)19-23-18-21(10-12-25(23)36-24)27(35)31-14-8-16-33-29(4,5)6/h9-12,17-18,32-33H,7-8,13-16,19H2,1-6H3,(H,30,34)(H,31,35). The molecule has 0 bridgehead atoms. The molecular weight excluding hydrogens is 452 g/mol. The molecule has 1 aliphatic rings. The Hall–Kier alpha value is -2.90. The summed E-state index contributed by atoms with van der Waals surface area (Å²) in [5.41, 5.74) is 3.25. The number of carbonyl (C=O) groups excluding carboxylic acids is 2. The van der Waals surface area contributed by atoms with E-state index >= 15 is 0 Å². The SMILES string of the molecule is CC(C)(C)NCCCNC(=O)c1ccc2c(c1)Cc1cc(C(=O)NCCCNC(C)(C)C)ccc1O2. The summed E-state index contributed by atoms with van der Waals surface area (Å²) in [7, 11) is 0. The lowest BCUT2D eigenvalue weighted by atomic mass is 9.96. The Labute approximate surface area is 215 Å². The summed E-state index contributed by atoms with van der Waals surface area (Å²) < 4.78 is 6.06. The number of fused-ring (bicyclic) bond motifs is 2. The van der Waals surface area contributed by atoms with E-state index in [1.807, 2.05) is 24.3 Å². The van der Waals surface area contributed by atoms with Crippen LogP contribution in [0.5, 0.6) is 11.5 Å². The van der Waals surface area contributed by atoms with Gasteiger partial charge in [-0.3, -0.25) is 9.59 Å². The maximum Gasteiger partial charge on any atom is 0.251 e. The number of benzene rings is 2. The predicted octanol–water partition coefficient (Wildman–Crippen LogP) is 4.40. The van der Waals surface area contributed by atoms with Gasteiger partial charge in [-0.05, 0) is 104 Å². The lowest BCUT2D eigenvalue weighted by Crippen LogP contribution is -2.37. The number of hydrogen-bond acceptors (Lipinski definition) is 5. The van der Waals surface area contributed by atoms with Gasteiger partial charge in [-0.15, -0.1) is 0 Å². The monoisotopic (exact) mass is 494 g/mol. The van der Waals surface area contributed by atoms with Crippen molar-refractivity contribution in [2.45, 2.75) is 71.9 Å². The highest BCUT2D eigenvalue weighted by Crippen LogP contribution is 2.37. The van der Waals surface area contributed by atoms with Crippen LogP contribution in [-0.2, 0) is 6.42 Å². The second-order valence-corrected chi connectivity index (χ2v) is 11.5. The quantitative estimate of drug-likeness (QED) is 0.314. The van der Waals surface area contributed by atoms with Crippen LogP contribution in [0.4, 0.5) is 0 Å². The third-order valence-corrected chi connectivity index (χ3v) is 5.84. The molecule has 0 saturated heterocycles. The van der Waals surface area contributed by atoms with Gasteiger partial charge in [-0.2, -0.15) is 0 Å². The molecule has 0 atom stereocenters. The molecule has 0 unspecified atom stereocenters. The molecule has 0 fully saturated rings. The van der Waals surface area contributed by atoms with E-state index in [-0.39, 0.29) is 22.9 Å². The fourth-order valence-corrected chi connectivity index (χ4v) is 3.95. The average molecular weight is 495 g/mol. The minimum atomic E-state index is -0.0894. The number of carbonyl (C=O) groups is 2. The Morgan fingerprint density at radius 2 is 1.11 bits per heavy atom. The van der Waals surface area contributed by atoms with E-state index in [2.05, 4.69) is 62.8 Å². The molecule has 196 valence electrons. The van der Waals surface area contributed by atoms with Crippen LogP contribution >= 0.6 is 0 Å². The molecule has 2 aromatic carbocycles. The second-order valence-electron chi connectivity index (χ2n) is 11.5. The molecule has 0 aliphatic carbocycles. The zero-order valence-corrected chi connectivity index (χ0v) is 22.6. The van der Waals surface area contributed by atoms with E-state index in [1.165, 1.54) is 0 Å². The molecule has 0 aromatic heterocycles. The molecular formula is C29H42N4O3. The number of nitrogens with one attached hydrogen (secondary N) is 4. The Balaban J connectivity index is 1.54. The van der Waals surface area contributed by atoms with Crippen molar-refractivity contribution < 1.29 is 14.3 Å². The van der Waals surface area contributed by atoms with Gasteiger partial charge in [-0.25, -0.2) is 0 Å². The maximum absolute atomic E-state index is 12.7. The van der Waals surface area contributed by atoms with Crippen LogP contribution in [0.15, 0.2) is 36.4 Å². The Morgan fingerprint density at radius 1 is 0.694 bits per heavy atom. The Bertz CT molecular complexity index is 984. The number of amides is 2. The summed E-state index contributed by atoms with van der Waals surface area (Å²) in [6.45, 7) is 15.7. The summed E-state index contributed by atoms with van der Waals surface area (Å²) in [5, 5.41) is 12.8. The topological polar surface area (TPSA) is 91.5 Å². The van der Waals surface area contributed by atoms with Crippen molar-refractivity contribution in [1.29, 1.82) is 0 Å². The molecule has 0 radical (unpaired) electrons. The molecule has 4 N–H and O–H groups in total. The van der Waals surface area contributed by atoms with Crippen LogP contribution in [-0.4, -0.2) is 49.1 Å². The fraction of sp³-hybridized carbons (Fsp3) is 0.517. The number of rotatable bonds is 10. The average Bonchev–Trinajstić information content (AvgIpc) is 2.79. The molecule has 7 nitrogen and oxygen atoms in total. The predicted molar refractivity (Wildman–Crippen MR) is 145 cm³/mol. The second kappa shape index (κ2) is 11.9. The fourth-order valence-electron chi connectivity index (χ4n) is 3.95. The van der Waals surface area contributed by atoms with Crippen LogP contribution in [0.3, 0.4) is 0 Å². The van der Waals surface area contributed by atoms with Crippen molar-refractivity contribution >= 4 is 11.8 Å². The van der Waals surface area contributed by atoms with Gasteiger partial charge in [-0.1, -0.05) is 0 Å². The first-order chi connectivity index (χ1) is 16.9. The molecule has 3 rings (SSSR count). The highest BCUT2D eigenvalue weighted by molar-refractivity contribution is 5.95. The van der Waals surface area contributed by atoms with E-state index in [0.717, 1.165) is 48.6 Å². The summed E-state index contributed by atoms with van der Waals surface area (Å²) in [4.78, 5) is 25.3. The highest BCUT2D eigenvalue weighted by Gasteiger charge is 2.20. The molecule has 1 heterocycles. The van der Waals surface area contributed by atoms with Gasteiger partial charge in [0.15, 0.2) is 0 Å². The van der Waals surface area contributed by atoms with Crippen molar-refractivity contribution in [3.05, 3.63) is 58.7 Å². The van der Waals surface area contributed by atoms with E-state index < -0.39 is 0 Å². The largest absolute Gasteiger partial charge is 0.457 e. The van der Waals surface area contributed by atoms with Crippen LogP contribution in [0.2, 0.25) is 0 Å². The summed E-state index contributed by atoms with van der Waals surface area (Å²) >= 11 is 0. The normalized spacial score (nSPS) is 12.8. The highest BCUT2D eigenvalue weighted by atomic mass is 16.5. The smallest absolute Gasteiger partial charge is 0.251 e. The molecule has 2 aromatic rings. The van der Waals surface area contributed by atoms with Crippen molar-refractivity contribution in [2.75, 3.05) is 26.2 Å². The zero-order chi connectivity index (χ0) is 26.3. The van der Waals surface area contributed by atoms with Gasteiger partial charge < -0.3 is 26.0 Å². The van der Waals surface area contributed by atoms with Crippen molar-refractivity contribution in [2.24, 2.45) is 0 Å². The van der Waals surface area contributed by atoms with Crippen molar-refractivity contribution in [3.8, 4) is 11.5 Å². The summed E-state index contributed by atoms with van der Waals surface area (Å²) in [6.07, 6.45) is 2.34. The lowest BCUT2D eigenvalue weighted by molar-refractivity contribution is 0.0945.